The minimum absolute atomic E-state index is 0.0108. The van der Waals surface area contributed by atoms with Gasteiger partial charge in [-0.3, -0.25) is 4.79 Å². The second-order valence-electron chi connectivity index (χ2n) is 9.20. The molecule has 0 spiro atoms. The van der Waals surface area contributed by atoms with Crippen molar-refractivity contribution in [2.75, 3.05) is 0 Å². The monoisotopic (exact) mass is 488 g/mol. The summed E-state index contributed by atoms with van der Waals surface area (Å²) in [7, 11) is -3.33. The Labute approximate surface area is 205 Å². The Bertz CT molecular complexity index is 1480. The number of carbonyl (C=O) groups is 1. The van der Waals surface area contributed by atoms with E-state index in [2.05, 4.69) is 19.1 Å². The third-order valence-corrected chi connectivity index (χ3v) is 8.67. The number of hydrogen-bond acceptors (Lipinski definition) is 4. The molecule has 2 aromatic carbocycles. The molecule has 8 heteroatoms. The van der Waals surface area contributed by atoms with Crippen LogP contribution in [0.4, 0.5) is 0 Å². The summed E-state index contributed by atoms with van der Waals surface area (Å²) in [6.45, 7) is 6.32. The number of rotatable bonds is 6. The van der Waals surface area contributed by atoms with E-state index in [0.29, 0.717) is 13.1 Å². The fraction of sp³-hybridized carbons (Fsp3) is 0.259. The molecule has 1 aliphatic heterocycles. The summed E-state index contributed by atoms with van der Waals surface area (Å²) in [5.41, 5.74) is 4.86. The first kappa shape index (κ1) is 23.1. The summed E-state index contributed by atoms with van der Waals surface area (Å²) in [6, 6.07) is 18.7. The van der Waals surface area contributed by atoms with Gasteiger partial charge in [0, 0.05) is 18.0 Å². The SMILES string of the molecule is Cc1ccccc1-n1nc2c(c1-n1cccc1)CN(C(=O)Cc1ccc(S(=O)(=O)C(C)C)cc1)C2. The molecule has 1 aliphatic rings. The van der Waals surface area contributed by atoms with Crippen LogP contribution in [0.1, 0.15) is 36.2 Å². The average molecular weight is 489 g/mol. The van der Waals surface area contributed by atoms with E-state index in [1.54, 1.807) is 38.1 Å². The predicted octanol–water partition coefficient (Wildman–Crippen LogP) is 4.24. The van der Waals surface area contributed by atoms with Crippen LogP contribution in [0.25, 0.3) is 11.5 Å². The Hall–Kier alpha value is -3.65. The maximum atomic E-state index is 13.1. The standard InChI is InChI=1S/C27H28N4O3S/c1-19(2)35(33,34)22-12-10-21(11-13-22)16-26(32)30-17-23-24(18-30)28-31(25-9-5-4-8-20(25)3)27(23)29-14-6-7-15-29/h4-15,19H,16-18H2,1-3H3. The maximum Gasteiger partial charge on any atom is 0.227 e. The third kappa shape index (κ3) is 4.18. The number of aryl methyl sites for hydroxylation is 1. The number of sulfone groups is 1. The van der Waals surface area contributed by atoms with E-state index >= 15 is 0 Å². The number of aromatic nitrogens is 3. The second kappa shape index (κ2) is 8.85. The van der Waals surface area contributed by atoms with Gasteiger partial charge < -0.3 is 9.47 Å². The van der Waals surface area contributed by atoms with E-state index in [0.717, 1.165) is 33.9 Å². The molecule has 35 heavy (non-hydrogen) atoms. The van der Waals surface area contributed by atoms with Gasteiger partial charge >= 0.3 is 0 Å². The van der Waals surface area contributed by atoms with E-state index in [9.17, 15) is 13.2 Å². The molecule has 0 saturated heterocycles. The molecule has 0 bridgehead atoms. The first-order valence-corrected chi connectivity index (χ1v) is 13.2. The highest BCUT2D eigenvalue weighted by molar-refractivity contribution is 7.92. The number of carbonyl (C=O) groups excluding carboxylic acids is 1. The van der Waals surface area contributed by atoms with Gasteiger partial charge in [-0.1, -0.05) is 30.3 Å². The third-order valence-electron chi connectivity index (χ3n) is 6.50. The van der Waals surface area contributed by atoms with Crippen LogP contribution >= 0.6 is 0 Å². The Balaban J connectivity index is 1.39. The summed E-state index contributed by atoms with van der Waals surface area (Å²) >= 11 is 0. The lowest BCUT2D eigenvalue weighted by atomic mass is 10.1. The molecule has 0 radical (unpaired) electrons. The van der Waals surface area contributed by atoms with Gasteiger partial charge in [0.1, 0.15) is 5.82 Å². The summed E-state index contributed by atoms with van der Waals surface area (Å²) in [5.74, 6) is 0.932. The number of para-hydroxylation sites is 1. The molecule has 0 unspecified atom stereocenters. The fourth-order valence-corrected chi connectivity index (χ4v) is 5.50. The smallest absolute Gasteiger partial charge is 0.227 e. The molecule has 0 fully saturated rings. The van der Waals surface area contributed by atoms with Crippen molar-refractivity contribution in [1.29, 1.82) is 0 Å². The lowest BCUT2D eigenvalue weighted by Crippen LogP contribution is -2.28. The van der Waals surface area contributed by atoms with Gasteiger partial charge in [0.2, 0.25) is 5.91 Å². The normalized spacial score (nSPS) is 13.4. The Morgan fingerprint density at radius 3 is 2.31 bits per heavy atom. The molecule has 3 heterocycles. The maximum absolute atomic E-state index is 13.1. The lowest BCUT2D eigenvalue weighted by molar-refractivity contribution is -0.131. The van der Waals surface area contributed by atoms with Crippen LogP contribution in [0.2, 0.25) is 0 Å². The van der Waals surface area contributed by atoms with Gasteiger partial charge in [-0.15, -0.1) is 0 Å². The van der Waals surface area contributed by atoms with Crippen LogP contribution in [-0.4, -0.2) is 38.8 Å². The lowest BCUT2D eigenvalue weighted by Gasteiger charge is -2.18. The van der Waals surface area contributed by atoms with E-state index in [1.807, 2.05) is 50.8 Å². The summed E-state index contributed by atoms with van der Waals surface area (Å²) in [5, 5.41) is 4.42. The van der Waals surface area contributed by atoms with Gasteiger partial charge in [-0.2, -0.15) is 5.10 Å². The van der Waals surface area contributed by atoms with Crippen LogP contribution in [0, 0.1) is 6.92 Å². The molecule has 1 amide bonds. The molecule has 0 saturated carbocycles. The number of nitrogens with zero attached hydrogens (tertiary/aromatic N) is 4. The van der Waals surface area contributed by atoms with Crippen molar-refractivity contribution in [2.24, 2.45) is 0 Å². The largest absolute Gasteiger partial charge is 0.332 e. The fourth-order valence-electron chi connectivity index (χ4n) is 4.44. The van der Waals surface area contributed by atoms with E-state index in [4.69, 9.17) is 5.10 Å². The predicted molar refractivity (Wildman–Crippen MR) is 134 cm³/mol. The second-order valence-corrected chi connectivity index (χ2v) is 11.7. The van der Waals surface area contributed by atoms with Crippen LogP contribution in [-0.2, 0) is 34.1 Å². The van der Waals surface area contributed by atoms with Gasteiger partial charge in [0.25, 0.3) is 0 Å². The van der Waals surface area contributed by atoms with Crippen LogP contribution in [0.3, 0.4) is 0 Å². The molecule has 0 aliphatic carbocycles. The number of amides is 1. The summed E-state index contributed by atoms with van der Waals surface area (Å²) in [4.78, 5) is 15.2. The van der Waals surface area contributed by atoms with Crippen molar-refractivity contribution in [2.45, 2.75) is 50.4 Å². The highest BCUT2D eigenvalue weighted by Gasteiger charge is 2.31. The molecule has 2 aromatic heterocycles. The van der Waals surface area contributed by atoms with Crippen molar-refractivity contribution in [1.82, 2.24) is 19.2 Å². The Kier molecular flexibility index (Phi) is 5.84. The van der Waals surface area contributed by atoms with Gasteiger partial charge in [0.05, 0.1) is 41.0 Å². The highest BCUT2D eigenvalue weighted by Crippen LogP contribution is 2.31. The first-order chi connectivity index (χ1) is 16.8. The van der Waals surface area contributed by atoms with Crippen molar-refractivity contribution in [3.63, 3.8) is 0 Å². The van der Waals surface area contributed by atoms with E-state index < -0.39 is 15.1 Å². The average Bonchev–Trinajstić information content (AvgIpc) is 3.56. The first-order valence-electron chi connectivity index (χ1n) is 11.7. The quantitative estimate of drug-likeness (QED) is 0.407. The molecule has 180 valence electrons. The van der Waals surface area contributed by atoms with Crippen molar-refractivity contribution in [3.05, 3.63) is 95.4 Å². The minimum atomic E-state index is -3.33. The Morgan fingerprint density at radius 2 is 1.66 bits per heavy atom. The topological polar surface area (TPSA) is 77.2 Å². The molecule has 0 N–H and O–H groups in total. The molecule has 5 rings (SSSR count). The van der Waals surface area contributed by atoms with Crippen molar-refractivity contribution in [3.8, 4) is 11.5 Å². The minimum Gasteiger partial charge on any atom is -0.332 e. The zero-order chi connectivity index (χ0) is 24.7. The number of hydrogen-bond donors (Lipinski definition) is 0. The molecule has 4 aromatic rings. The zero-order valence-corrected chi connectivity index (χ0v) is 20.9. The van der Waals surface area contributed by atoms with Gasteiger partial charge in [0.15, 0.2) is 9.84 Å². The van der Waals surface area contributed by atoms with Crippen LogP contribution in [0.15, 0.2) is 78.0 Å². The van der Waals surface area contributed by atoms with Crippen LogP contribution < -0.4 is 0 Å². The van der Waals surface area contributed by atoms with Crippen molar-refractivity contribution >= 4 is 15.7 Å². The Morgan fingerprint density at radius 1 is 0.971 bits per heavy atom. The molecule has 7 nitrogen and oxygen atoms in total. The van der Waals surface area contributed by atoms with E-state index in [-0.39, 0.29) is 17.2 Å². The number of benzene rings is 2. The van der Waals surface area contributed by atoms with Crippen molar-refractivity contribution < 1.29 is 13.2 Å². The molecular weight excluding hydrogens is 460 g/mol. The molecule has 0 atom stereocenters. The van der Waals surface area contributed by atoms with Gasteiger partial charge in [-0.25, -0.2) is 13.1 Å². The number of fused-ring (bicyclic) bond motifs is 1. The van der Waals surface area contributed by atoms with Crippen LogP contribution in [0.5, 0.6) is 0 Å². The van der Waals surface area contributed by atoms with Gasteiger partial charge in [-0.05, 0) is 62.2 Å². The summed E-state index contributed by atoms with van der Waals surface area (Å²) < 4.78 is 28.7. The molecular formula is C27H28N4O3S. The highest BCUT2D eigenvalue weighted by atomic mass is 32.2. The van der Waals surface area contributed by atoms with E-state index in [1.165, 1.54) is 0 Å². The summed E-state index contributed by atoms with van der Waals surface area (Å²) in [6.07, 6.45) is 4.19. The zero-order valence-electron chi connectivity index (χ0n) is 20.0.